The molecule has 0 aromatic heterocycles. The Hall–Kier alpha value is -3.01. The smallest absolute Gasteiger partial charge is 0.248 e. The lowest BCUT2D eigenvalue weighted by Crippen LogP contribution is -2.08. The van der Waals surface area contributed by atoms with Crippen molar-refractivity contribution in [1.29, 1.82) is 0 Å². The molecule has 0 radical (unpaired) electrons. The maximum absolute atomic E-state index is 12.1. The number of ether oxygens (including phenoxy) is 2. The van der Waals surface area contributed by atoms with Crippen molar-refractivity contribution in [2.24, 2.45) is 0 Å². The molecule has 3 rings (SSSR count). The van der Waals surface area contributed by atoms with Crippen LogP contribution in [-0.2, 0) is 11.2 Å². The highest BCUT2D eigenvalue weighted by molar-refractivity contribution is 5.99. The molecule has 26 heavy (non-hydrogen) atoms. The van der Waals surface area contributed by atoms with Crippen molar-refractivity contribution >= 4 is 17.7 Å². The highest BCUT2D eigenvalue weighted by Gasteiger charge is 2.14. The summed E-state index contributed by atoms with van der Waals surface area (Å²) in [6, 6.07) is 11.7. The number of hydrogen-bond donors (Lipinski definition) is 1. The first-order valence-corrected chi connectivity index (χ1v) is 8.60. The average molecular weight is 349 g/mol. The Labute approximate surface area is 154 Å². The highest BCUT2D eigenvalue weighted by atomic mass is 16.5. The van der Waals surface area contributed by atoms with E-state index in [4.69, 9.17) is 9.47 Å². The quantitative estimate of drug-likeness (QED) is 0.807. The Morgan fingerprint density at radius 2 is 1.73 bits per heavy atom. The van der Waals surface area contributed by atoms with Crippen molar-refractivity contribution in [3.63, 3.8) is 0 Å². The number of benzene rings is 2. The third-order valence-corrected chi connectivity index (χ3v) is 4.44. The molecule has 0 unspecified atom stereocenters. The van der Waals surface area contributed by atoms with Gasteiger partial charge in [0.15, 0.2) is 11.5 Å². The summed E-state index contributed by atoms with van der Waals surface area (Å²) in [6.07, 6.45) is 7.35. The topological polar surface area (TPSA) is 47.6 Å². The van der Waals surface area contributed by atoms with Gasteiger partial charge in [-0.1, -0.05) is 29.8 Å². The number of nitrogens with one attached hydrogen (secondary N) is 1. The summed E-state index contributed by atoms with van der Waals surface area (Å²) >= 11 is 0. The molecular weight excluding hydrogens is 326 g/mol. The first-order chi connectivity index (χ1) is 12.6. The summed E-state index contributed by atoms with van der Waals surface area (Å²) in [5.41, 5.74) is 5.40. The van der Waals surface area contributed by atoms with E-state index in [1.807, 2.05) is 49.4 Å². The van der Waals surface area contributed by atoms with Crippen LogP contribution in [0.5, 0.6) is 11.5 Å². The molecule has 0 aliphatic heterocycles. The Kier molecular flexibility index (Phi) is 5.42. The summed E-state index contributed by atoms with van der Waals surface area (Å²) in [4.78, 5) is 12.1. The first kappa shape index (κ1) is 17.8. The van der Waals surface area contributed by atoms with Crippen molar-refractivity contribution in [3.05, 3.63) is 70.8 Å². The van der Waals surface area contributed by atoms with Gasteiger partial charge in [-0.3, -0.25) is 4.79 Å². The number of carbonyl (C=O) groups is 1. The minimum Gasteiger partial charge on any atom is -0.493 e. The number of allylic oxidation sites excluding steroid dienone is 2. The second-order valence-corrected chi connectivity index (χ2v) is 6.31. The molecule has 0 atom stereocenters. The fourth-order valence-corrected chi connectivity index (χ4v) is 2.97. The Balaban J connectivity index is 1.72. The summed E-state index contributed by atoms with van der Waals surface area (Å²) in [7, 11) is 3.27. The molecule has 2 aromatic rings. The lowest BCUT2D eigenvalue weighted by molar-refractivity contribution is -0.111. The average Bonchev–Trinajstić information content (AvgIpc) is 2.66. The van der Waals surface area contributed by atoms with Crippen molar-refractivity contribution < 1.29 is 14.3 Å². The SMILES string of the molecule is COc1cc2c(cc1OC)CCC(/C=C/C(=O)Nc1ccc(C)cc1)=C2. The fraction of sp³-hybridized carbons (Fsp3) is 0.227. The molecule has 4 heteroatoms. The molecule has 4 nitrogen and oxygen atoms in total. The molecule has 0 saturated heterocycles. The third-order valence-electron chi connectivity index (χ3n) is 4.44. The van der Waals surface area contributed by atoms with E-state index in [0.29, 0.717) is 5.75 Å². The summed E-state index contributed by atoms with van der Waals surface area (Å²) in [5.74, 6) is 1.33. The largest absolute Gasteiger partial charge is 0.493 e. The zero-order chi connectivity index (χ0) is 18.5. The summed E-state index contributed by atoms with van der Waals surface area (Å²) in [5, 5.41) is 2.87. The summed E-state index contributed by atoms with van der Waals surface area (Å²) < 4.78 is 10.7. The number of amides is 1. The van der Waals surface area contributed by atoms with Crippen LogP contribution in [0.3, 0.4) is 0 Å². The van der Waals surface area contributed by atoms with Gasteiger partial charge in [-0.05, 0) is 60.7 Å². The number of rotatable bonds is 5. The zero-order valence-corrected chi connectivity index (χ0v) is 15.3. The van der Waals surface area contributed by atoms with Gasteiger partial charge in [-0.2, -0.15) is 0 Å². The van der Waals surface area contributed by atoms with Crippen molar-refractivity contribution in [1.82, 2.24) is 0 Å². The van der Waals surface area contributed by atoms with E-state index in [1.165, 1.54) is 5.56 Å². The standard InChI is InChI=1S/C22H23NO3/c1-15-4-9-19(10-5-15)23-22(24)11-7-16-6-8-17-13-20(25-2)21(26-3)14-18(17)12-16/h4-5,7,9-14H,6,8H2,1-3H3,(H,23,24)/b11-7+. The second-order valence-electron chi connectivity index (χ2n) is 6.31. The molecule has 2 aromatic carbocycles. The van der Waals surface area contributed by atoms with Gasteiger partial charge in [0.1, 0.15) is 0 Å². The van der Waals surface area contributed by atoms with Gasteiger partial charge >= 0.3 is 0 Å². The van der Waals surface area contributed by atoms with Gasteiger partial charge < -0.3 is 14.8 Å². The number of aryl methyl sites for hydroxylation is 2. The number of carbonyl (C=O) groups excluding carboxylic acids is 1. The van der Waals surface area contributed by atoms with Crippen LogP contribution in [0.15, 0.2) is 54.1 Å². The predicted octanol–water partition coefficient (Wildman–Crippen LogP) is 4.54. The van der Waals surface area contributed by atoms with Gasteiger partial charge in [-0.15, -0.1) is 0 Å². The molecule has 134 valence electrons. The highest BCUT2D eigenvalue weighted by Crippen LogP contribution is 2.35. The van der Waals surface area contributed by atoms with E-state index in [0.717, 1.165) is 41.0 Å². The van der Waals surface area contributed by atoms with Crippen LogP contribution in [0.4, 0.5) is 5.69 Å². The second kappa shape index (κ2) is 7.91. The molecule has 1 aliphatic rings. The number of hydrogen-bond acceptors (Lipinski definition) is 3. The van der Waals surface area contributed by atoms with Gasteiger partial charge in [-0.25, -0.2) is 0 Å². The van der Waals surface area contributed by atoms with Crippen molar-refractivity contribution in [2.75, 3.05) is 19.5 Å². The molecule has 0 spiro atoms. The van der Waals surface area contributed by atoms with Gasteiger partial charge in [0, 0.05) is 11.8 Å². The van der Waals surface area contributed by atoms with E-state index in [9.17, 15) is 4.79 Å². The van der Waals surface area contributed by atoms with Crippen LogP contribution >= 0.6 is 0 Å². The van der Waals surface area contributed by atoms with Crippen LogP contribution in [0, 0.1) is 6.92 Å². The van der Waals surface area contributed by atoms with E-state index in [2.05, 4.69) is 11.4 Å². The van der Waals surface area contributed by atoms with E-state index in [1.54, 1.807) is 20.3 Å². The Bertz CT molecular complexity index is 864. The maximum Gasteiger partial charge on any atom is 0.248 e. The lowest BCUT2D eigenvalue weighted by Gasteiger charge is -2.17. The molecule has 0 heterocycles. The Morgan fingerprint density at radius 1 is 1.04 bits per heavy atom. The maximum atomic E-state index is 12.1. The number of anilines is 1. The monoisotopic (exact) mass is 349 g/mol. The van der Waals surface area contributed by atoms with Crippen LogP contribution in [-0.4, -0.2) is 20.1 Å². The van der Waals surface area contributed by atoms with Crippen molar-refractivity contribution in [3.8, 4) is 11.5 Å². The molecule has 1 aliphatic carbocycles. The van der Waals surface area contributed by atoms with Crippen LogP contribution in [0.2, 0.25) is 0 Å². The molecule has 1 amide bonds. The van der Waals surface area contributed by atoms with Gasteiger partial charge in [0.25, 0.3) is 0 Å². The summed E-state index contributed by atoms with van der Waals surface area (Å²) in [6.45, 7) is 2.02. The van der Waals surface area contributed by atoms with Crippen LogP contribution < -0.4 is 14.8 Å². The number of fused-ring (bicyclic) bond motifs is 1. The van der Waals surface area contributed by atoms with Gasteiger partial charge in [0.05, 0.1) is 14.2 Å². The van der Waals surface area contributed by atoms with E-state index >= 15 is 0 Å². The zero-order valence-electron chi connectivity index (χ0n) is 15.3. The lowest BCUT2D eigenvalue weighted by atomic mass is 9.91. The van der Waals surface area contributed by atoms with Crippen LogP contribution in [0.1, 0.15) is 23.1 Å². The van der Waals surface area contributed by atoms with E-state index in [-0.39, 0.29) is 5.91 Å². The molecule has 0 saturated carbocycles. The van der Waals surface area contributed by atoms with Crippen molar-refractivity contribution in [2.45, 2.75) is 19.8 Å². The molecule has 0 fully saturated rings. The van der Waals surface area contributed by atoms with E-state index < -0.39 is 0 Å². The van der Waals surface area contributed by atoms with Crippen LogP contribution in [0.25, 0.3) is 6.08 Å². The minimum atomic E-state index is -0.132. The normalized spacial score (nSPS) is 13.1. The fourth-order valence-electron chi connectivity index (χ4n) is 2.97. The Morgan fingerprint density at radius 3 is 2.42 bits per heavy atom. The predicted molar refractivity (Wildman–Crippen MR) is 105 cm³/mol. The molecule has 0 bridgehead atoms. The minimum absolute atomic E-state index is 0.132. The first-order valence-electron chi connectivity index (χ1n) is 8.60. The third kappa shape index (κ3) is 4.14. The van der Waals surface area contributed by atoms with Gasteiger partial charge in [0.2, 0.25) is 5.91 Å². The molecular formula is C22H23NO3. The molecule has 1 N–H and O–H groups in total. The number of methoxy groups -OCH3 is 2.